The van der Waals surface area contributed by atoms with E-state index in [0.29, 0.717) is 25.6 Å². The van der Waals surface area contributed by atoms with E-state index >= 15 is 0 Å². The van der Waals surface area contributed by atoms with Gasteiger partial charge in [-0.3, -0.25) is 0 Å². The maximum atomic E-state index is 9.33. The normalized spacial score (nSPS) is 22.6. The van der Waals surface area contributed by atoms with Crippen molar-refractivity contribution in [3.05, 3.63) is 17.5 Å². The van der Waals surface area contributed by atoms with Gasteiger partial charge in [-0.15, -0.1) is 0 Å². The Hall–Kier alpha value is -1.24. The number of ether oxygens (including phenoxy) is 1. The maximum absolute atomic E-state index is 9.33. The Morgan fingerprint density at radius 3 is 2.89 bits per heavy atom. The molecule has 1 unspecified atom stereocenters. The minimum Gasteiger partial charge on any atom is -0.394 e. The number of aliphatic hydroxyl groups excluding tert-OH is 1. The summed E-state index contributed by atoms with van der Waals surface area (Å²) in [7, 11) is 0. The van der Waals surface area contributed by atoms with Crippen molar-refractivity contribution in [1.29, 1.82) is 0 Å². The molecule has 0 spiro atoms. The molecular weight excluding hydrogens is 244 g/mol. The lowest BCUT2D eigenvalue weighted by Crippen LogP contribution is -2.54. The first kappa shape index (κ1) is 14.2. The highest BCUT2D eigenvalue weighted by molar-refractivity contribution is 5.34. The van der Waals surface area contributed by atoms with E-state index in [1.54, 1.807) is 0 Å². The predicted octanol–water partition coefficient (Wildman–Crippen LogP) is 0.220. The summed E-state index contributed by atoms with van der Waals surface area (Å²) in [6.45, 7) is 7.61. The van der Waals surface area contributed by atoms with E-state index < -0.39 is 0 Å². The average Bonchev–Trinajstić information content (AvgIpc) is 2.36. The molecule has 6 heteroatoms. The minimum atomic E-state index is -0.332. The second-order valence-electron chi connectivity index (χ2n) is 5.57. The third-order valence-electron chi connectivity index (χ3n) is 3.07. The van der Waals surface area contributed by atoms with Crippen molar-refractivity contribution in [3.63, 3.8) is 0 Å². The highest BCUT2D eigenvalue weighted by Gasteiger charge is 2.34. The number of anilines is 1. The minimum absolute atomic E-state index is 0.00447. The lowest BCUT2D eigenvalue weighted by Gasteiger charge is -2.42. The molecular formula is C13H22N4O2. The first-order valence-electron chi connectivity index (χ1n) is 6.52. The van der Waals surface area contributed by atoms with Crippen LogP contribution in [-0.2, 0) is 11.3 Å². The van der Waals surface area contributed by atoms with Crippen molar-refractivity contribution in [2.24, 2.45) is 5.73 Å². The molecule has 1 fully saturated rings. The molecule has 6 nitrogen and oxygen atoms in total. The van der Waals surface area contributed by atoms with Crippen LogP contribution in [0.25, 0.3) is 0 Å². The molecule has 106 valence electrons. The number of morpholine rings is 1. The Morgan fingerprint density at radius 1 is 1.53 bits per heavy atom. The van der Waals surface area contributed by atoms with Crippen LogP contribution in [0, 0.1) is 6.92 Å². The van der Waals surface area contributed by atoms with Crippen molar-refractivity contribution in [2.75, 3.05) is 24.6 Å². The summed E-state index contributed by atoms with van der Waals surface area (Å²) in [5, 5.41) is 9.33. The average molecular weight is 266 g/mol. The molecule has 19 heavy (non-hydrogen) atoms. The van der Waals surface area contributed by atoms with E-state index in [1.165, 1.54) is 0 Å². The largest absolute Gasteiger partial charge is 0.394 e. The SMILES string of the molecule is Cc1cc(CN)nc(N2CC(CO)OC(C)(C)C2)n1. The zero-order valence-electron chi connectivity index (χ0n) is 11.8. The highest BCUT2D eigenvalue weighted by atomic mass is 16.5. The summed E-state index contributed by atoms with van der Waals surface area (Å²) < 4.78 is 5.79. The van der Waals surface area contributed by atoms with Crippen LogP contribution in [0.15, 0.2) is 6.07 Å². The molecule has 2 heterocycles. The Balaban J connectivity index is 2.27. The van der Waals surface area contributed by atoms with E-state index in [0.717, 1.165) is 11.4 Å². The number of nitrogens with zero attached hydrogens (tertiary/aromatic N) is 3. The Morgan fingerprint density at radius 2 is 2.26 bits per heavy atom. The first-order valence-corrected chi connectivity index (χ1v) is 6.52. The van der Waals surface area contributed by atoms with Crippen molar-refractivity contribution >= 4 is 5.95 Å². The lowest BCUT2D eigenvalue weighted by atomic mass is 10.1. The van der Waals surface area contributed by atoms with Gasteiger partial charge in [-0.2, -0.15) is 0 Å². The van der Waals surface area contributed by atoms with Gasteiger partial charge in [0.05, 0.1) is 24.0 Å². The number of aliphatic hydroxyl groups is 1. The van der Waals surface area contributed by atoms with Crippen LogP contribution < -0.4 is 10.6 Å². The lowest BCUT2D eigenvalue weighted by molar-refractivity contribution is -0.101. The third kappa shape index (κ3) is 3.40. The quantitative estimate of drug-likeness (QED) is 0.814. The zero-order chi connectivity index (χ0) is 14.0. The van der Waals surface area contributed by atoms with E-state index in [-0.39, 0.29) is 18.3 Å². The monoisotopic (exact) mass is 266 g/mol. The molecule has 0 amide bonds. The third-order valence-corrected chi connectivity index (χ3v) is 3.07. The van der Waals surface area contributed by atoms with Gasteiger partial charge in [0.25, 0.3) is 0 Å². The summed E-state index contributed by atoms with van der Waals surface area (Å²) >= 11 is 0. The first-order chi connectivity index (χ1) is 8.93. The standard InChI is InChI=1S/C13H22N4O2/c1-9-4-10(5-14)16-12(15-9)17-6-11(7-18)19-13(2,3)8-17/h4,11,18H,5-8,14H2,1-3H3. The summed E-state index contributed by atoms with van der Waals surface area (Å²) in [6.07, 6.45) is -0.214. The van der Waals surface area contributed by atoms with Crippen LogP contribution in [0.1, 0.15) is 25.2 Å². The van der Waals surface area contributed by atoms with Gasteiger partial charge in [0.1, 0.15) is 0 Å². The molecule has 1 aliphatic heterocycles. The van der Waals surface area contributed by atoms with Gasteiger partial charge in [0, 0.05) is 25.3 Å². The molecule has 0 bridgehead atoms. The Bertz CT molecular complexity index is 450. The number of aryl methyl sites for hydroxylation is 1. The number of aromatic nitrogens is 2. The van der Waals surface area contributed by atoms with Gasteiger partial charge >= 0.3 is 0 Å². The number of nitrogens with two attached hydrogens (primary N) is 1. The molecule has 1 aromatic heterocycles. The van der Waals surface area contributed by atoms with Crippen LogP contribution in [0.4, 0.5) is 5.95 Å². The molecule has 1 saturated heterocycles. The fourth-order valence-electron chi connectivity index (χ4n) is 2.41. The topological polar surface area (TPSA) is 84.5 Å². The van der Waals surface area contributed by atoms with Crippen LogP contribution in [0.5, 0.6) is 0 Å². The molecule has 1 aliphatic rings. The predicted molar refractivity (Wildman–Crippen MR) is 72.9 cm³/mol. The van der Waals surface area contributed by atoms with Crippen molar-refractivity contribution in [1.82, 2.24) is 9.97 Å². The number of hydrogen-bond donors (Lipinski definition) is 2. The van der Waals surface area contributed by atoms with Gasteiger partial charge in [0.15, 0.2) is 0 Å². The van der Waals surface area contributed by atoms with Crippen molar-refractivity contribution in [2.45, 2.75) is 39.0 Å². The van der Waals surface area contributed by atoms with Crippen LogP contribution in [0.2, 0.25) is 0 Å². The van der Waals surface area contributed by atoms with Gasteiger partial charge in [-0.05, 0) is 26.8 Å². The molecule has 0 saturated carbocycles. The Kier molecular flexibility index (Phi) is 4.03. The molecule has 3 N–H and O–H groups in total. The molecule has 0 aromatic carbocycles. The van der Waals surface area contributed by atoms with E-state index in [1.807, 2.05) is 26.8 Å². The summed E-state index contributed by atoms with van der Waals surface area (Å²) in [5.41, 5.74) is 7.04. The Labute approximate surface area is 113 Å². The summed E-state index contributed by atoms with van der Waals surface area (Å²) in [6, 6.07) is 1.89. The van der Waals surface area contributed by atoms with Crippen LogP contribution >= 0.6 is 0 Å². The summed E-state index contributed by atoms with van der Waals surface area (Å²) in [4.78, 5) is 11.0. The van der Waals surface area contributed by atoms with E-state index in [4.69, 9.17) is 10.5 Å². The zero-order valence-corrected chi connectivity index (χ0v) is 11.8. The highest BCUT2D eigenvalue weighted by Crippen LogP contribution is 2.24. The fraction of sp³-hybridized carbons (Fsp3) is 0.692. The van der Waals surface area contributed by atoms with E-state index in [2.05, 4.69) is 14.9 Å². The van der Waals surface area contributed by atoms with Crippen molar-refractivity contribution < 1.29 is 9.84 Å². The van der Waals surface area contributed by atoms with Crippen molar-refractivity contribution in [3.8, 4) is 0 Å². The molecule has 0 radical (unpaired) electrons. The number of hydrogen-bond acceptors (Lipinski definition) is 6. The fourth-order valence-corrected chi connectivity index (χ4v) is 2.41. The second-order valence-corrected chi connectivity index (χ2v) is 5.57. The maximum Gasteiger partial charge on any atom is 0.226 e. The van der Waals surface area contributed by atoms with Crippen LogP contribution in [0.3, 0.4) is 0 Å². The number of rotatable bonds is 3. The van der Waals surface area contributed by atoms with Gasteiger partial charge in [-0.1, -0.05) is 0 Å². The van der Waals surface area contributed by atoms with Gasteiger partial charge < -0.3 is 20.5 Å². The smallest absolute Gasteiger partial charge is 0.226 e. The summed E-state index contributed by atoms with van der Waals surface area (Å²) in [5.74, 6) is 0.662. The molecule has 1 aromatic rings. The molecule has 2 rings (SSSR count). The van der Waals surface area contributed by atoms with E-state index in [9.17, 15) is 5.11 Å². The molecule has 1 atom stereocenters. The molecule has 0 aliphatic carbocycles. The van der Waals surface area contributed by atoms with Crippen LogP contribution in [-0.4, -0.2) is 46.5 Å². The van der Waals surface area contributed by atoms with Gasteiger partial charge in [-0.25, -0.2) is 9.97 Å². The second kappa shape index (κ2) is 5.40. The van der Waals surface area contributed by atoms with Gasteiger partial charge in [0.2, 0.25) is 5.95 Å².